The minimum absolute atomic E-state index is 0.210. The van der Waals surface area contributed by atoms with Crippen LogP contribution in [0.15, 0.2) is 30.3 Å². The molecule has 4 nitrogen and oxygen atoms in total. The van der Waals surface area contributed by atoms with Crippen molar-refractivity contribution < 1.29 is 9.63 Å². The van der Waals surface area contributed by atoms with Crippen molar-refractivity contribution in [2.45, 2.75) is 0 Å². The normalized spacial score (nSPS) is 9.64. The quantitative estimate of drug-likeness (QED) is 0.672. The summed E-state index contributed by atoms with van der Waals surface area (Å²) in [6, 6.07) is 9.00. The van der Waals surface area contributed by atoms with E-state index in [-0.39, 0.29) is 6.03 Å². The summed E-state index contributed by atoms with van der Waals surface area (Å²) in [4.78, 5) is 18.1. The molecule has 4 heteroatoms. The molecule has 0 fully saturated rings. The van der Waals surface area contributed by atoms with E-state index >= 15 is 0 Å². The number of hydrogen-bond acceptors (Lipinski definition) is 2. The average molecular weight is 194 g/mol. The van der Waals surface area contributed by atoms with Crippen molar-refractivity contribution in [2.75, 3.05) is 26.3 Å². The summed E-state index contributed by atoms with van der Waals surface area (Å²) in [6.07, 6.45) is 0. The molecule has 0 heterocycles. The van der Waals surface area contributed by atoms with E-state index in [1.54, 1.807) is 14.1 Å². The van der Waals surface area contributed by atoms with Crippen LogP contribution < -0.4 is 5.06 Å². The van der Waals surface area contributed by atoms with Gasteiger partial charge in [-0.05, 0) is 12.1 Å². The number of carbonyl (C=O) groups is 1. The molecule has 0 aliphatic heterocycles. The van der Waals surface area contributed by atoms with Crippen LogP contribution in [0.5, 0.6) is 0 Å². The molecule has 1 aromatic rings. The third-order valence-corrected chi connectivity index (χ3v) is 1.73. The highest BCUT2D eigenvalue weighted by Gasteiger charge is 2.16. The van der Waals surface area contributed by atoms with Crippen LogP contribution in [0.1, 0.15) is 0 Å². The Hall–Kier alpha value is -1.55. The predicted molar refractivity (Wildman–Crippen MR) is 55.0 cm³/mol. The Morgan fingerprint density at radius 1 is 1.21 bits per heavy atom. The van der Waals surface area contributed by atoms with Crippen LogP contribution >= 0.6 is 0 Å². The van der Waals surface area contributed by atoms with E-state index in [1.165, 1.54) is 17.1 Å². The zero-order chi connectivity index (χ0) is 10.6. The molecule has 0 radical (unpaired) electrons. The number of carbonyl (C=O) groups excluding carboxylic acids is 1. The van der Waals surface area contributed by atoms with Crippen LogP contribution in [-0.4, -0.2) is 32.1 Å². The van der Waals surface area contributed by atoms with Crippen molar-refractivity contribution in [3.8, 4) is 0 Å². The lowest BCUT2D eigenvalue weighted by atomic mass is 10.3. The highest BCUT2D eigenvalue weighted by atomic mass is 16.7. The Morgan fingerprint density at radius 3 is 2.21 bits per heavy atom. The number of hydrogen-bond donors (Lipinski definition) is 0. The monoisotopic (exact) mass is 194 g/mol. The SMILES string of the molecule is CON(C(=O)N(C)C)c1ccccc1. The van der Waals surface area contributed by atoms with Crippen LogP contribution in [0, 0.1) is 0 Å². The number of urea groups is 1. The van der Waals surface area contributed by atoms with Gasteiger partial charge in [-0.3, -0.25) is 4.84 Å². The fraction of sp³-hybridized carbons (Fsp3) is 0.300. The highest BCUT2D eigenvalue weighted by molar-refractivity contribution is 5.89. The van der Waals surface area contributed by atoms with Crippen LogP contribution in [0.4, 0.5) is 10.5 Å². The molecule has 1 aromatic carbocycles. The van der Waals surface area contributed by atoms with E-state index in [9.17, 15) is 4.79 Å². The lowest BCUT2D eigenvalue weighted by Gasteiger charge is -2.23. The molecule has 0 aromatic heterocycles. The molecule has 0 atom stereocenters. The summed E-state index contributed by atoms with van der Waals surface area (Å²) < 4.78 is 0. The fourth-order valence-corrected chi connectivity index (χ4v) is 1.04. The Labute approximate surface area is 83.6 Å². The van der Waals surface area contributed by atoms with Crippen LogP contribution in [0.25, 0.3) is 0 Å². The van der Waals surface area contributed by atoms with E-state index in [2.05, 4.69) is 0 Å². The van der Waals surface area contributed by atoms with E-state index in [4.69, 9.17) is 4.84 Å². The Balaban J connectivity index is 2.88. The van der Waals surface area contributed by atoms with Crippen molar-refractivity contribution in [1.82, 2.24) is 4.90 Å². The Morgan fingerprint density at radius 2 is 1.79 bits per heavy atom. The molecule has 0 saturated heterocycles. The summed E-state index contributed by atoms with van der Waals surface area (Å²) in [5, 5.41) is 1.24. The number of anilines is 1. The molecule has 0 aliphatic rings. The fourth-order valence-electron chi connectivity index (χ4n) is 1.04. The van der Waals surface area contributed by atoms with Crippen LogP contribution in [0.2, 0.25) is 0 Å². The second-order valence-corrected chi connectivity index (χ2v) is 2.99. The van der Waals surface area contributed by atoms with Gasteiger partial charge in [0.2, 0.25) is 0 Å². The maximum absolute atomic E-state index is 11.6. The zero-order valence-corrected chi connectivity index (χ0v) is 8.60. The molecule has 1 rings (SSSR count). The van der Waals surface area contributed by atoms with Crippen LogP contribution in [-0.2, 0) is 4.84 Å². The first-order chi connectivity index (χ1) is 6.66. The van der Waals surface area contributed by atoms with Crippen molar-refractivity contribution in [1.29, 1.82) is 0 Å². The third kappa shape index (κ3) is 2.23. The second-order valence-electron chi connectivity index (χ2n) is 2.99. The molecular formula is C10H14N2O2. The maximum Gasteiger partial charge on any atom is 0.348 e. The van der Waals surface area contributed by atoms with Gasteiger partial charge in [-0.2, -0.15) is 5.06 Å². The molecule has 0 aliphatic carbocycles. The second kappa shape index (κ2) is 4.62. The highest BCUT2D eigenvalue weighted by Crippen LogP contribution is 2.14. The van der Waals surface area contributed by atoms with Gasteiger partial charge in [0.25, 0.3) is 0 Å². The number of amides is 2. The summed E-state index contributed by atoms with van der Waals surface area (Å²) >= 11 is 0. The molecule has 0 N–H and O–H groups in total. The van der Waals surface area contributed by atoms with Crippen molar-refractivity contribution in [3.05, 3.63) is 30.3 Å². The number of para-hydroxylation sites is 1. The summed E-state index contributed by atoms with van der Waals surface area (Å²) in [5.41, 5.74) is 0.716. The number of rotatable bonds is 2. The molecule has 0 spiro atoms. The van der Waals surface area contributed by atoms with E-state index in [1.807, 2.05) is 30.3 Å². The first-order valence-corrected chi connectivity index (χ1v) is 4.27. The van der Waals surface area contributed by atoms with Crippen LogP contribution in [0.3, 0.4) is 0 Å². The summed E-state index contributed by atoms with van der Waals surface area (Å²) in [5.74, 6) is 0. The van der Waals surface area contributed by atoms with Crippen molar-refractivity contribution >= 4 is 11.7 Å². The molecule has 2 amide bonds. The van der Waals surface area contributed by atoms with Crippen molar-refractivity contribution in [3.63, 3.8) is 0 Å². The Bertz CT molecular complexity index is 298. The molecule has 0 saturated carbocycles. The van der Waals surface area contributed by atoms with Gasteiger partial charge < -0.3 is 4.90 Å². The average Bonchev–Trinajstić information content (AvgIpc) is 2.20. The standard InChI is InChI=1S/C10H14N2O2/c1-11(2)10(13)12(14-3)9-7-5-4-6-8-9/h4-8H,1-3H3. The lowest BCUT2D eigenvalue weighted by Crippen LogP contribution is -2.38. The Kier molecular flexibility index (Phi) is 3.48. The molecular weight excluding hydrogens is 180 g/mol. The topological polar surface area (TPSA) is 32.8 Å². The number of benzene rings is 1. The third-order valence-electron chi connectivity index (χ3n) is 1.73. The van der Waals surface area contributed by atoms with E-state index < -0.39 is 0 Å². The van der Waals surface area contributed by atoms with Gasteiger partial charge in [0, 0.05) is 14.1 Å². The predicted octanol–water partition coefficient (Wildman–Crippen LogP) is 1.74. The first kappa shape index (κ1) is 10.5. The number of nitrogens with zero attached hydrogens (tertiary/aromatic N) is 2. The van der Waals surface area contributed by atoms with Gasteiger partial charge in [0.1, 0.15) is 0 Å². The largest absolute Gasteiger partial charge is 0.348 e. The van der Waals surface area contributed by atoms with E-state index in [0.29, 0.717) is 5.69 Å². The van der Waals surface area contributed by atoms with Gasteiger partial charge in [-0.1, -0.05) is 18.2 Å². The summed E-state index contributed by atoms with van der Waals surface area (Å²) in [6.45, 7) is 0. The molecule has 14 heavy (non-hydrogen) atoms. The molecule has 0 bridgehead atoms. The summed E-state index contributed by atoms with van der Waals surface area (Å²) in [7, 11) is 4.82. The van der Waals surface area contributed by atoms with Gasteiger partial charge in [0.05, 0.1) is 12.8 Å². The van der Waals surface area contributed by atoms with E-state index in [0.717, 1.165) is 0 Å². The first-order valence-electron chi connectivity index (χ1n) is 4.27. The van der Waals surface area contributed by atoms with Gasteiger partial charge in [0.15, 0.2) is 0 Å². The number of hydroxylamine groups is 1. The molecule has 76 valence electrons. The minimum atomic E-state index is -0.210. The van der Waals surface area contributed by atoms with Crippen molar-refractivity contribution in [2.24, 2.45) is 0 Å². The molecule has 0 unspecified atom stereocenters. The van der Waals surface area contributed by atoms with Gasteiger partial charge in [-0.25, -0.2) is 4.79 Å². The lowest BCUT2D eigenvalue weighted by molar-refractivity contribution is 0.147. The maximum atomic E-state index is 11.6. The zero-order valence-electron chi connectivity index (χ0n) is 8.60. The van der Waals surface area contributed by atoms with Gasteiger partial charge in [-0.15, -0.1) is 0 Å². The minimum Gasteiger partial charge on any atom is -0.329 e. The van der Waals surface area contributed by atoms with Gasteiger partial charge >= 0.3 is 6.03 Å². The smallest absolute Gasteiger partial charge is 0.329 e.